The van der Waals surface area contributed by atoms with Gasteiger partial charge in [0.05, 0.1) is 5.69 Å². The molecule has 1 aliphatic heterocycles. The Bertz CT molecular complexity index is 444. The maximum atomic E-state index is 13.6. The largest absolute Gasteiger partial charge is 0.382 e. The first kappa shape index (κ1) is 11.0. The Morgan fingerprint density at radius 2 is 2.06 bits per heavy atom. The van der Waals surface area contributed by atoms with Crippen LogP contribution in [0.15, 0.2) is 12.1 Å². The second-order valence-electron chi connectivity index (χ2n) is 5.52. The third-order valence-corrected chi connectivity index (χ3v) is 4.29. The number of nitrogens with one attached hydrogen (secondary N) is 1. The van der Waals surface area contributed by atoms with E-state index >= 15 is 0 Å². The fourth-order valence-corrected chi connectivity index (χ4v) is 3.43. The molecule has 3 atom stereocenters. The lowest BCUT2D eigenvalue weighted by molar-refractivity contribution is 0.440. The predicted molar refractivity (Wildman–Crippen MR) is 64.1 cm³/mol. The van der Waals surface area contributed by atoms with Gasteiger partial charge in [0.15, 0.2) is 0 Å². The van der Waals surface area contributed by atoms with Gasteiger partial charge < -0.3 is 5.32 Å². The third kappa shape index (κ3) is 1.81. The van der Waals surface area contributed by atoms with E-state index < -0.39 is 11.6 Å². The van der Waals surface area contributed by atoms with Crippen molar-refractivity contribution in [2.75, 3.05) is 11.9 Å². The Labute approximate surface area is 100 Å². The van der Waals surface area contributed by atoms with Crippen LogP contribution in [0.1, 0.15) is 37.7 Å². The Hall–Kier alpha value is -1.12. The highest BCUT2D eigenvalue weighted by atomic mass is 19.1. The van der Waals surface area contributed by atoms with Gasteiger partial charge in [0.2, 0.25) is 0 Å². The van der Waals surface area contributed by atoms with Crippen LogP contribution in [0.25, 0.3) is 0 Å². The average Bonchev–Trinajstić information content (AvgIpc) is 2.83. The number of rotatable bonds is 1. The second kappa shape index (κ2) is 3.97. The number of fused-ring (bicyclic) bond motifs is 1. The lowest BCUT2D eigenvalue weighted by atomic mass is 9.86. The van der Waals surface area contributed by atoms with E-state index in [1.165, 1.54) is 25.3 Å². The molecule has 3 heteroatoms. The van der Waals surface area contributed by atoms with Crippen LogP contribution in [0.5, 0.6) is 0 Å². The van der Waals surface area contributed by atoms with Crippen LogP contribution >= 0.6 is 0 Å². The highest BCUT2D eigenvalue weighted by molar-refractivity contribution is 5.59. The molecule has 0 radical (unpaired) electrons. The summed E-state index contributed by atoms with van der Waals surface area (Å²) in [7, 11) is 0. The molecule has 1 nitrogen and oxygen atoms in total. The number of hydrogen-bond donors (Lipinski definition) is 1. The topological polar surface area (TPSA) is 12.0 Å². The lowest BCUT2D eigenvalue weighted by Gasteiger charge is -2.18. The molecule has 17 heavy (non-hydrogen) atoms. The zero-order valence-corrected chi connectivity index (χ0v) is 9.97. The van der Waals surface area contributed by atoms with Crippen molar-refractivity contribution in [2.24, 2.45) is 11.8 Å². The van der Waals surface area contributed by atoms with Crippen molar-refractivity contribution in [1.82, 2.24) is 0 Å². The predicted octanol–water partition coefficient (Wildman–Crippen LogP) is 3.91. The van der Waals surface area contributed by atoms with Crippen molar-refractivity contribution in [3.8, 4) is 0 Å². The fourth-order valence-electron chi connectivity index (χ4n) is 3.43. The molecule has 0 aromatic heterocycles. The monoisotopic (exact) mass is 237 g/mol. The number of benzene rings is 1. The minimum atomic E-state index is -0.457. The zero-order valence-electron chi connectivity index (χ0n) is 9.97. The maximum absolute atomic E-state index is 13.6. The number of anilines is 1. The second-order valence-corrected chi connectivity index (χ2v) is 5.52. The molecule has 1 aliphatic carbocycles. The zero-order chi connectivity index (χ0) is 12.0. The molecular weight excluding hydrogens is 220 g/mol. The van der Waals surface area contributed by atoms with Gasteiger partial charge in [-0.25, -0.2) is 8.78 Å². The summed E-state index contributed by atoms with van der Waals surface area (Å²) in [6, 6.07) is 2.47. The molecule has 1 fully saturated rings. The standard InChI is InChI=1S/C14H17F2N/c1-8-2-3-9(4-8)12-7-17-14-11(12)5-10(15)6-13(14)16/h5-6,8-9,12,17H,2-4,7H2,1H3. The smallest absolute Gasteiger partial charge is 0.149 e. The van der Waals surface area contributed by atoms with Crippen LogP contribution < -0.4 is 5.32 Å². The summed E-state index contributed by atoms with van der Waals surface area (Å²) in [6.07, 6.45) is 3.61. The van der Waals surface area contributed by atoms with Crippen LogP contribution in [0, 0.1) is 23.5 Å². The van der Waals surface area contributed by atoms with Gasteiger partial charge in [-0.05, 0) is 36.3 Å². The molecule has 2 aliphatic rings. The van der Waals surface area contributed by atoms with E-state index in [2.05, 4.69) is 12.2 Å². The van der Waals surface area contributed by atoms with Crippen LogP contribution in [0.3, 0.4) is 0 Å². The molecule has 1 saturated carbocycles. The van der Waals surface area contributed by atoms with Gasteiger partial charge in [0, 0.05) is 18.5 Å². The minimum absolute atomic E-state index is 0.292. The normalized spacial score (nSPS) is 31.4. The third-order valence-electron chi connectivity index (χ3n) is 4.29. The van der Waals surface area contributed by atoms with Crippen molar-refractivity contribution in [1.29, 1.82) is 0 Å². The molecule has 1 aromatic rings. The molecule has 0 amide bonds. The van der Waals surface area contributed by atoms with E-state index in [1.54, 1.807) is 0 Å². The van der Waals surface area contributed by atoms with Crippen molar-refractivity contribution >= 4 is 5.69 Å². The van der Waals surface area contributed by atoms with Gasteiger partial charge in [-0.3, -0.25) is 0 Å². The molecule has 1 aromatic carbocycles. The van der Waals surface area contributed by atoms with Crippen LogP contribution in [0.4, 0.5) is 14.5 Å². The van der Waals surface area contributed by atoms with Gasteiger partial charge in [-0.15, -0.1) is 0 Å². The average molecular weight is 237 g/mol. The highest BCUT2D eigenvalue weighted by Gasteiger charge is 2.35. The minimum Gasteiger partial charge on any atom is -0.382 e. The Morgan fingerprint density at radius 3 is 2.76 bits per heavy atom. The van der Waals surface area contributed by atoms with Crippen LogP contribution in [-0.2, 0) is 0 Å². The summed E-state index contributed by atoms with van der Waals surface area (Å²) in [5.41, 5.74) is 1.37. The summed E-state index contributed by atoms with van der Waals surface area (Å²) >= 11 is 0. The van der Waals surface area contributed by atoms with E-state index in [4.69, 9.17) is 0 Å². The molecule has 1 heterocycles. The van der Waals surface area contributed by atoms with Crippen molar-refractivity contribution in [2.45, 2.75) is 32.1 Å². The van der Waals surface area contributed by atoms with Crippen molar-refractivity contribution < 1.29 is 8.78 Å². The molecule has 0 spiro atoms. The summed E-state index contributed by atoms with van der Waals surface area (Å²) in [6.45, 7) is 3.02. The molecule has 92 valence electrons. The summed E-state index contributed by atoms with van der Waals surface area (Å²) < 4.78 is 26.9. The molecule has 3 unspecified atom stereocenters. The van der Waals surface area contributed by atoms with Crippen molar-refractivity contribution in [3.63, 3.8) is 0 Å². The number of halogens is 2. The van der Waals surface area contributed by atoms with Crippen LogP contribution in [-0.4, -0.2) is 6.54 Å². The van der Waals surface area contributed by atoms with Crippen molar-refractivity contribution in [3.05, 3.63) is 29.3 Å². The first-order chi connectivity index (χ1) is 8.15. The van der Waals surface area contributed by atoms with E-state index in [0.717, 1.165) is 24.1 Å². The van der Waals surface area contributed by atoms with Gasteiger partial charge in [-0.2, -0.15) is 0 Å². The van der Waals surface area contributed by atoms with Crippen LogP contribution in [0.2, 0.25) is 0 Å². The Balaban J connectivity index is 1.93. The fraction of sp³-hybridized carbons (Fsp3) is 0.571. The molecule has 0 bridgehead atoms. The molecule has 1 N–H and O–H groups in total. The lowest BCUT2D eigenvalue weighted by Crippen LogP contribution is -2.12. The first-order valence-corrected chi connectivity index (χ1v) is 6.38. The SMILES string of the molecule is CC1CCC(C2CNc3c(F)cc(F)cc32)C1. The molecule has 3 rings (SSSR count). The molecular formula is C14H17F2N. The van der Waals surface area contributed by atoms with E-state index in [9.17, 15) is 8.78 Å². The quantitative estimate of drug-likeness (QED) is 0.780. The summed E-state index contributed by atoms with van der Waals surface area (Å²) in [4.78, 5) is 0. The summed E-state index contributed by atoms with van der Waals surface area (Å²) in [5, 5.41) is 3.10. The van der Waals surface area contributed by atoms with Gasteiger partial charge in [-0.1, -0.05) is 13.3 Å². The van der Waals surface area contributed by atoms with Gasteiger partial charge in [0.25, 0.3) is 0 Å². The molecule has 0 saturated heterocycles. The Morgan fingerprint density at radius 1 is 1.24 bits per heavy atom. The first-order valence-electron chi connectivity index (χ1n) is 6.38. The van der Waals surface area contributed by atoms with E-state index in [-0.39, 0.29) is 0 Å². The summed E-state index contributed by atoms with van der Waals surface area (Å²) in [5.74, 6) is 0.720. The van der Waals surface area contributed by atoms with Gasteiger partial charge >= 0.3 is 0 Å². The highest BCUT2D eigenvalue weighted by Crippen LogP contribution is 2.45. The number of hydrogen-bond acceptors (Lipinski definition) is 1. The Kier molecular flexibility index (Phi) is 2.57. The van der Waals surface area contributed by atoms with Gasteiger partial charge in [0.1, 0.15) is 11.6 Å². The maximum Gasteiger partial charge on any atom is 0.149 e. The van der Waals surface area contributed by atoms with E-state index in [0.29, 0.717) is 17.5 Å². The van der Waals surface area contributed by atoms with E-state index in [1.807, 2.05) is 0 Å².